The van der Waals surface area contributed by atoms with Crippen molar-refractivity contribution in [2.45, 2.75) is 81.6 Å². The lowest BCUT2D eigenvalue weighted by Crippen LogP contribution is -2.32. The molecule has 0 bridgehead atoms. The van der Waals surface area contributed by atoms with Crippen LogP contribution < -0.4 is 19.6 Å². The average Bonchev–Trinajstić information content (AvgIpc) is 4.17. The molecule has 0 atom stereocenters. The summed E-state index contributed by atoms with van der Waals surface area (Å²) in [4.78, 5) is 24.7. The third kappa shape index (κ3) is 8.28. The molecule has 5 aliphatic rings. The maximum atomic E-state index is 14.7. The molecule has 0 aromatic heterocycles. The number of hydrogen-bond acceptors (Lipinski definition) is 6. The summed E-state index contributed by atoms with van der Waals surface area (Å²) in [5.74, 6) is -0.448. The van der Waals surface area contributed by atoms with Crippen LogP contribution in [0.5, 0.6) is 0 Å². The predicted molar refractivity (Wildman–Crippen MR) is 269 cm³/mol. The quantitative estimate of drug-likeness (QED) is 0.0704. The van der Waals surface area contributed by atoms with Crippen LogP contribution in [0.4, 0.5) is 22.7 Å². The number of cyclic esters (lactones) is 1. The largest absolute Gasteiger partial charge is 0.450 e. The average molecular weight is 1090 g/mol. The van der Waals surface area contributed by atoms with E-state index in [1.807, 2.05) is 0 Å². The van der Waals surface area contributed by atoms with Crippen molar-refractivity contribution in [3.05, 3.63) is 148 Å². The van der Waals surface area contributed by atoms with Gasteiger partial charge in [-0.1, -0.05) is 48.5 Å². The van der Waals surface area contributed by atoms with Gasteiger partial charge in [-0.05, 0) is 186 Å². The summed E-state index contributed by atoms with van der Waals surface area (Å²) < 4.78 is 10.3. The topological polar surface area (TPSA) is 39.3 Å². The van der Waals surface area contributed by atoms with Gasteiger partial charge in [-0.2, -0.15) is 0 Å². The minimum Gasteiger partial charge on any atom is -0.450 e. The number of ether oxygens (including phenoxy) is 1. The monoisotopic (exact) mass is 1080 g/mol. The van der Waals surface area contributed by atoms with Crippen LogP contribution in [-0.2, 0) is 10.3 Å². The van der Waals surface area contributed by atoms with Gasteiger partial charge in [0.2, 0.25) is 0 Å². The molecule has 0 N–H and O–H groups in total. The Balaban J connectivity index is 1.12. The second kappa shape index (κ2) is 18.3. The van der Waals surface area contributed by atoms with Crippen LogP contribution in [0.15, 0.2) is 115 Å². The first kappa shape index (κ1) is 42.6. The van der Waals surface area contributed by atoms with E-state index in [4.69, 9.17) is 4.74 Å². The van der Waals surface area contributed by atoms with Crippen molar-refractivity contribution in [2.75, 3.05) is 72.0 Å². The second-order valence-electron chi connectivity index (χ2n) is 18.0. The lowest BCUT2D eigenvalue weighted by atomic mass is 9.72. The van der Waals surface area contributed by atoms with Crippen LogP contribution in [0.1, 0.15) is 114 Å². The Bertz CT molecular complexity index is 2140. The molecule has 5 aromatic rings. The van der Waals surface area contributed by atoms with Gasteiger partial charge < -0.3 is 24.3 Å². The van der Waals surface area contributed by atoms with Crippen LogP contribution >= 0.6 is 63.7 Å². The summed E-state index contributed by atoms with van der Waals surface area (Å²) in [6.45, 7) is 8.80. The summed E-state index contributed by atoms with van der Waals surface area (Å²) in [5, 5.41) is 0. The number of fused-ring (bicyclic) bond motifs is 1. The van der Waals surface area contributed by atoms with Crippen molar-refractivity contribution >= 4 is 92.4 Å². The Morgan fingerprint density at radius 1 is 0.419 bits per heavy atom. The lowest BCUT2D eigenvalue weighted by Gasteiger charge is -2.37. The highest BCUT2D eigenvalue weighted by molar-refractivity contribution is 9.15. The fourth-order valence-electron chi connectivity index (χ4n) is 11.0. The van der Waals surface area contributed by atoms with Gasteiger partial charge in [-0.3, -0.25) is 0 Å². The smallest absolute Gasteiger partial charge is 0.340 e. The second-order valence-corrected chi connectivity index (χ2v) is 21.2. The van der Waals surface area contributed by atoms with E-state index in [0.29, 0.717) is 22.9 Å². The Kier molecular flexibility index (Phi) is 12.6. The van der Waals surface area contributed by atoms with Gasteiger partial charge in [0, 0.05) is 123 Å². The van der Waals surface area contributed by atoms with Crippen LogP contribution in [0.2, 0.25) is 0 Å². The number of anilines is 4. The Morgan fingerprint density at radius 3 is 0.984 bits per heavy atom. The molecule has 0 radical (unpaired) electrons. The highest BCUT2D eigenvalue weighted by atomic mass is 79.9. The zero-order valence-corrected chi connectivity index (χ0v) is 41.6. The molecule has 10 rings (SSSR count). The van der Waals surface area contributed by atoms with Gasteiger partial charge in [0.15, 0.2) is 0 Å². The molecule has 0 unspecified atom stereocenters. The maximum absolute atomic E-state index is 14.7. The van der Waals surface area contributed by atoms with Crippen molar-refractivity contribution < 1.29 is 9.53 Å². The number of carbonyl (C=O) groups excluding carboxylic acids is 1. The van der Waals surface area contributed by atoms with Gasteiger partial charge in [-0.25, -0.2) is 4.79 Å². The Hall–Kier alpha value is -3.31. The summed E-state index contributed by atoms with van der Waals surface area (Å²) in [6.07, 6.45) is 11.0. The molecule has 10 heteroatoms. The summed E-state index contributed by atoms with van der Waals surface area (Å²) >= 11 is 15.6. The zero-order chi connectivity index (χ0) is 42.4. The lowest BCUT2D eigenvalue weighted by molar-refractivity contribution is -0.0221. The molecule has 0 amide bonds. The first-order chi connectivity index (χ1) is 30.3. The molecular formula is C52H54Br4N4O2. The Morgan fingerprint density at radius 2 is 0.694 bits per heavy atom. The molecule has 4 fully saturated rings. The number of halogens is 4. The minimum absolute atomic E-state index is 0.0714. The van der Waals surface area contributed by atoms with E-state index in [9.17, 15) is 4.79 Å². The number of nitrogens with zero attached hydrogens (tertiary/aromatic N) is 4. The van der Waals surface area contributed by atoms with E-state index in [1.54, 1.807) is 0 Å². The molecular weight excluding hydrogens is 1030 g/mol. The van der Waals surface area contributed by atoms with Gasteiger partial charge in [0.1, 0.15) is 5.60 Å². The van der Waals surface area contributed by atoms with Crippen LogP contribution in [0.3, 0.4) is 0 Å². The first-order valence-electron chi connectivity index (χ1n) is 22.8. The third-order valence-electron chi connectivity index (χ3n) is 14.3. The number of benzene rings is 5. The van der Waals surface area contributed by atoms with Crippen LogP contribution in [-0.4, -0.2) is 58.3 Å². The van der Waals surface area contributed by atoms with Gasteiger partial charge in [-0.15, -0.1) is 0 Å². The SMILES string of the molecule is O=C1OC(CC(c2ccc(N3CCCC3)cc2)c2ccc(N3CCCC3)cc2)(CC(c2ccc(N3CCCC3)cc2)c2ccc(N3CCCC3)cc2)c2c(Br)c(Br)c(Br)c(Br)c21. The highest BCUT2D eigenvalue weighted by Gasteiger charge is 2.52. The number of rotatable bonds is 12. The van der Waals surface area contributed by atoms with Gasteiger partial charge in [0.05, 0.1) is 5.56 Å². The van der Waals surface area contributed by atoms with E-state index in [0.717, 1.165) is 71.3 Å². The van der Waals surface area contributed by atoms with Crippen molar-refractivity contribution in [3.8, 4) is 0 Å². The summed E-state index contributed by atoms with van der Waals surface area (Å²) in [5.41, 5.74) is 10.4. The minimum atomic E-state index is -1.02. The molecule has 5 aliphatic heterocycles. The molecule has 5 aromatic carbocycles. The van der Waals surface area contributed by atoms with E-state index in [-0.39, 0.29) is 17.8 Å². The normalized spacial score (nSPS) is 18.5. The molecule has 6 nitrogen and oxygen atoms in total. The van der Waals surface area contributed by atoms with Crippen LogP contribution in [0.25, 0.3) is 0 Å². The molecule has 4 saturated heterocycles. The van der Waals surface area contributed by atoms with E-state index < -0.39 is 5.60 Å². The molecule has 0 aliphatic carbocycles. The number of esters is 1. The summed E-state index contributed by atoms with van der Waals surface area (Å²) in [7, 11) is 0. The molecule has 0 spiro atoms. The number of hydrogen-bond donors (Lipinski definition) is 0. The standard InChI is InChI=1S/C52H54Br4N4O2/c53-47-45-46(48(54)50(56)49(47)55)52(62-51(45)61,33-43(35-9-17-39(18-10-35)57-25-1-2-26-57)36-11-19-40(20-12-36)58-27-3-4-28-58)34-44(37-13-21-41(22-14-37)59-29-5-6-30-59)38-15-23-42(24-16-38)60-31-7-8-32-60/h9-24,43-44H,1-8,25-34H2. The van der Waals surface area contributed by atoms with Gasteiger partial charge in [0.25, 0.3) is 0 Å². The van der Waals surface area contributed by atoms with Crippen molar-refractivity contribution in [3.63, 3.8) is 0 Å². The Labute approximate surface area is 400 Å². The van der Waals surface area contributed by atoms with Crippen molar-refractivity contribution in [1.29, 1.82) is 0 Å². The first-order valence-corrected chi connectivity index (χ1v) is 25.9. The van der Waals surface area contributed by atoms with Crippen molar-refractivity contribution in [1.82, 2.24) is 0 Å². The number of carbonyl (C=O) groups is 1. The molecule has 62 heavy (non-hydrogen) atoms. The molecule has 322 valence electrons. The van der Waals surface area contributed by atoms with Crippen molar-refractivity contribution in [2.24, 2.45) is 0 Å². The highest BCUT2D eigenvalue weighted by Crippen LogP contribution is 2.57. The predicted octanol–water partition coefficient (Wildman–Crippen LogP) is 13.9. The fraction of sp³-hybridized carbons (Fsp3) is 0.404. The fourth-order valence-corrected chi connectivity index (χ4v) is 13.6. The molecule has 5 heterocycles. The molecule has 0 saturated carbocycles. The van der Waals surface area contributed by atoms with Gasteiger partial charge >= 0.3 is 5.97 Å². The van der Waals surface area contributed by atoms with Crippen LogP contribution in [0, 0.1) is 0 Å². The van der Waals surface area contributed by atoms with E-state index in [2.05, 4.69) is 180 Å². The van der Waals surface area contributed by atoms with E-state index >= 15 is 0 Å². The zero-order valence-electron chi connectivity index (χ0n) is 35.2. The maximum Gasteiger partial charge on any atom is 0.340 e. The van der Waals surface area contributed by atoms with E-state index in [1.165, 1.54) is 96.4 Å². The summed E-state index contributed by atoms with van der Waals surface area (Å²) in [6, 6.07) is 37.1. The third-order valence-corrected chi connectivity index (χ3v) is 19.1.